The molecular weight excluding hydrogens is 268 g/mol. The summed E-state index contributed by atoms with van der Waals surface area (Å²) in [5.74, 6) is 1.24. The average Bonchev–Trinajstić information content (AvgIpc) is 2.50. The lowest BCUT2D eigenvalue weighted by Gasteiger charge is -2.16. The summed E-state index contributed by atoms with van der Waals surface area (Å²) in [4.78, 5) is 8.51. The molecule has 0 fully saturated rings. The Bertz CT molecular complexity index is 629. The summed E-state index contributed by atoms with van der Waals surface area (Å²) in [7, 11) is 3.18. The van der Waals surface area contributed by atoms with Crippen molar-refractivity contribution in [3.05, 3.63) is 46.9 Å². The number of hydrogen-bond acceptors (Lipinski definition) is 5. The minimum Gasteiger partial charge on any atom is -0.496 e. The van der Waals surface area contributed by atoms with E-state index in [1.165, 1.54) is 7.11 Å². The highest BCUT2D eigenvalue weighted by Gasteiger charge is 2.18. The van der Waals surface area contributed by atoms with Crippen LogP contribution in [0.5, 0.6) is 11.6 Å². The molecule has 0 amide bonds. The summed E-state index contributed by atoms with van der Waals surface area (Å²) >= 11 is 0. The van der Waals surface area contributed by atoms with E-state index in [1.54, 1.807) is 31.6 Å². The number of aryl methyl sites for hydroxylation is 1. The van der Waals surface area contributed by atoms with E-state index in [2.05, 4.69) is 9.97 Å². The Balaban J connectivity index is 2.30. The van der Waals surface area contributed by atoms with Gasteiger partial charge in [0.2, 0.25) is 5.88 Å². The maximum absolute atomic E-state index is 10.4. The van der Waals surface area contributed by atoms with Gasteiger partial charge in [-0.25, -0.2) is 4.98 Å². The van der Waals surface area contributed by atoms with Crippen LogP contribution in [0.3, 0.4) is 0 Å². The van der Waals surface area contributed by atoms with E-state index in [-0.39, 0.29) is 0 Å². The van der Waals surface area contributed by atoms with Crippen molar-refractivity contribution in [2.45, 2.75) is 26.4 Å². The first-order valence-electron chi connectivity index (χ1n) is 6.74. The normalized spacial score (nSPS) is 12.0. The number of pyridine rings is 2. The number of aromatic nitrogens is 2. The van der Waals surface area contributed by atoms with E-state index in [0.717, 1.165) is 22.6 Å². The molecule has 2 aromatic heterocycles. The van der Waals surface area contributed by atoms with Crippen LogP contribution in [-0.2, 0) is 6.42 Å². The van der Waals surface area contributed by atoms with Crippen LogP contribution in [-0.4, -0.2) is 29.3 Å². The van der Waals surface area contributed by atoms with Crippen LogP contribution < -0.4 is 9.47 Å². The first-order valence-corrected chi connectivity index (χ1v) is 6.74. The lowest BCUT2D eigenvalue weighted by Crippen LogP contribution is -2.08. The lowest BCUT2D eigenvalue weighted by atomic mass is 10.0. The Labute approximate surface area is 124 Å². The van der Waals surface area contributed by atoms with Gasteiger partial charge in [-0.1, -0.05) is 0 Å². The molecule has 21 heavy (non-hydrogen) atoms. The van der Waals surface area contributed by atoms with Crippen molar-refractivity contribution in [1.29, 1.82) is 0 Å². The van der Waals surface area contributed by atoms with Crippen molar-refractivity contribution in [2.75, 3.05) is 14.2 Å². The fourth-order valence-electron chi connectivity index (χ4n) is 2.40. The molecule has 112 valence electrons. The van der Waals surface area contributed by atoms with Crippen LogP contribution in [0.25, 0.3) is 0 Å². The quantitative estimate of drug-likeness (QED) is 0.915. The smallest absolute Gasteiger partial charge is 0.218 e. The van der Waals surface area contributed by atoms with E-state index in [4.69, 9.17) is 9.47 Å². The Kier molecular flexibility index (Phi) is 4.75. The minimum atomic E-state index is -0.729. The summed E-state index contributed by atoms with van der Waals surface area (Å²) < 4.78 is 10.6. The second-order valence-corrected chi connectivity index (χ2v) is 4.87. The third-order valence-electron chi connectivity index (χ3n) is 3.49. The van der Waals surface area contributed by atoms with Gasteiger partial charge in [-0.15, -0.1) is 0 Å². The molecule has 0 saturated heterocycles. The molecular formula is C16H20N2O3. The highest BCUT2D eigenvalue weighted by atomic mass is 16.5. The molecule has 0 radical (unpaired) electrons. The zero-order valence-electron chi connectivity index (χ0n) is 12.8. The topological polar surface area (TPSA) is 64.5 Å². The van der Waals surface area contributed by atoms with Crippen molar-refractivity contribution in [3.8, 4) is 11.6 Å². The molecule has 0 saturated carbocycles. The van der Waals surface area contributed by atoms with Crippen molar-refractivity contribution in [3.63, 3.8) is 0 Å². The zero-order valence-corrected chi connectivity index (χ0v) is 12.8. The van der Waals surface area contributed by atoms with Gasteiger partial charge in [-0.2, -0.15) is 0 Å². The number of aliphatic hydroxyl groups is 1. The molecule has 0 aliphatic rings. The Morgan fingerprint density at radius 2 is 1.95 bits per heavy atom. The largest absolute Gasteiger partial charge is 0.496 e. The lowest BCUT2D eigenvalue weighted by molar-refractivity contribution is 0.171. The molecule has 1 N–H and O–H groups in total. The summed E-state index contributed by atoms with van der Waals surface area (Å²) in [5.41, 5.74) is 3.38. The average molecular weight is 288 g/mol. The van der Waals surface area contributed by atoms with Crippen LogP contribution >= 0.6 is 0 Å². The fraction of sp³-hybridized carbons (Fsp3) is 0.375. The number of ether oxygens (including phenoxy) is 2. The van der Waals surface area contributed by atoms with Gasteiger partial charge in [-0.3, -0.25) is 4.98 Å². The first-order chi connectivity index (χ1) is 10.1. The third kappa shape index (κ3) is 3.13. The number of aliphatic hydroxyl groups excluding tert-OH is 1. The SMILES string of the molecule is COc1ncccc1C(O)Cc1ncc(C)c(OC)c1C. The molecule has 1 unspecified atom stereocenters. The third-order valence-corrected chi connectivity index (χ3v) is 3.49. The maximum Gasteiger partial charge on any atom is 0.218 e. The van der Waals surface area contributed by atoms with Crippen molar-refractivity contribution >= 4 is 0 Å². The molecule has 1 atom stereocenters. The molecule has 0 bridgehead atoms. The second-order valence-electron chi connectivity index (χ2n) is 4.87. The second kappa shape index (κ2) is 6.54. The van der Waals surface area contributed by atoms with Gasteiger partial charge >= 0.3 is 0 Å². The van der Waals surface area contributed by atoms with E-state index >= 15 is 0 Å². The van der Waals surface area contributed by atoms with Gasteiger partial charge in [0.15, 0.2) is 0 Å². The van der Waals surface area contributed by atoms with Crippen LogP contribution in [0.2, 0.25) is 0 Å². The highest BCUT2D eigenvalue weighted by molar-refractivity contribution is 5.41. The van der Waals surface area contributed by atoms with Gasteiger partial charge < -0.3 is 14.6 Å². The van der Waals surface area contributed by atoms with Gasteiger partial charge in [0, 0.05) is 41.2 Å². The van der Waals surface area contributed by atoms with Gasteiger partial charge in [0.25, 0.3) is 0 Å². The standard InChI is InChI=1S/C16H20N2O3/c1-10-9-18-13(11(2)15(10)20-3)8-14(19)12-6-5-7-17-16(12)21-4/h5-7,9,14,19H,8H2,1-4H3. The molecule has 2 aromatic rings. The van der Waals surface area contributed by atoms with Crippen LogP contribution in [0, 0.1) is 13.8 Å². The number of hydrogen-bond donors (Lipinski definition) is 1. The molecule has 2 rings (SSSR count). The summed E-state index contributed by atoms with van der Waals surface area (Å²) in [6.45, 7) is 3.89. The molecule has 0 aliphatic carbocycles. The first kappa shape index (κ1) is 15.3. The minimum absolute atomic E-state index is 0.379. The Morgan fingerprint density at radius 1 is 1.19 bits per heavy atom. The molecule has 5 heteroatoms. The van der Waals surface area contributed by atoms with E-state index in [0.29, 0.717) is 17.9 Å². The van der Waals surface area contributed by atoms with E-state index < -0.39 is 6.10 Å². The van der Waals surface area contributed by atoms with Gasteiger partial charge in [-0.05, 0) is 26.0 Å². The number of rotatable bonds is 5. The Hall–Kier alpha value is -2.14. The predicted molar refractivity (Wildman–Crippen MR) is 79.7 cm³/mol. The molecule has 0 aliphatic heterocycles. The van der Waals surface area contributed by atoms with E-state index in [9.17, 15) is 5.11 Å². The van der Waals surface area contributed by atoms with Crippen LogP contribution in [0.4, 0.5) is 0 Å². The fourth-order valence-corrected chi connectivity index (χ4v) is 2.40. The van der Waals surface area contributed by atoms with Crippen molar-refractivity contribution < 1.29 is 14.6 Å². The highest BCUT2D eigenvalue weighted by Crippen LogP contribution is 2.29. The zero-order chi connectivity index (χ0) is 15.4. The van der Waals surface area contributed by atoms with Gasteiger partial charge in [0.05, 0.1) is 20.3 Å². The number of nitrogens with zero attached hydrogens (tertiary/aromatic N) is 2. The summed E-state index contributed by atoms with van der Waals surface area (Å²) in [5, 5.41) is 10.4. The molecule has 2 heterocycles. The van der Waals surface area contributed by atoms with Crippen LogP contribution in [0.1, 0.15) is 28.5 Å². The summed E-state index contributed by atoms with van der Waals surface area (Å²) in [6.07, 6.45) is 3.04. The monoisotopic (exact) mass is 288 g/mol. The molecule has 5 nitrogen and oxygen atoms in total. The molecule has 0 spiro atoms. The van der Waals surface area contributed by atoms with E-state index in [1.807, 2.05) is 13.8 Å². The van der Waals surface area contributed by atoms with Gasteiger partial charge in [0.1, 0.15) is 5.75 Å². The van der Waals surface area contributed by atoms with Crippen molar-refractivity contribution in [1.82, 2.24) is 9.97 Å². The predicted octanol–water partition coefficient (Wildman–Crippen LogP) is 2.39. The number of methoxy groups -OCH3 is 2. The van der Waals surface area contributed by atoms with Crippen molar-refractivity contribution in [2.24, 2.45) is 0 Å². The van der Waals surface area contributed by atoms with Crippen LogP contribution in [0.15, 0.2) is 24.5 Å². The molecule has 0 aromatic carbocycles. The maximum atomic E-state index is 10.4. The Morgan fingerprint density at radius 3 is 2.62 bits per heavy atom. The summed E-state index contributed by atoms with van der Waals surface area (Å²) in [6, 6.07) is 3.58.